The van der Waals surface area contributed by atoms with Crippen LogP contribution in [0.4, 0.5) is 0 Å². The maximum absolute atomic E-state index is 12.0. The van der Waals surface area contributed by atoms with Crippen LogP contribution in [0.25, 0.3) is 0 Å². The largest absolute Gasteiger partial charge is 0.473 e. The van der Waals surface area contributed by atoms with Gasteiger partial charge in [-0.25, -0.2) is 18.0 Å². The molecule has 2 aliphatic rings. The van der Waals surface area contributed by atoms with Crippen molar-refractivity contribution in [3.8, 4) is 0 Å². The van der Waals surface area contributed by atoms with Crippen molar-refractivity contribution >= 4 is 22.0 Å². The lowest BCUT2D eigenvalue weighted by Crippen LogP contribution is -2.53. The zero-order valence-corrected chi connectivity index (χ0v) is 15.9. The second-order valence-corrected chi connectivity index (χ2v) is 8.88. The first-order valence-corrected chi connectivity index (χ1v) is 10.5. The number of carboxylic acids is 2. The molecule has 0 aromatic heterocycles. The fourth-order valence-electron chi connectivity index (χ4n) is 3.47. The minimum atomic E-state index is -2.99. The Morgan fingerprint density at radius 3 is 2.04 bits per heavy atom. The van der Waals surface area contributed by atoms with Gasteiger partial charge in [0, 0.05) is 32.2 Å². The summed E-state index contributed by atoms with van der Waals surface area (Å²) in [4.78, 5) is 20.7. The van der Waals surface area contributed by atoms with Crippen molar-refractivity contribution in [1.29, 1.82) is 0 Å². The Labute approximate surface area is 149 Å². The number of hydrogen-bond acceptors (Lipinski definition) is 5. The summed E-state index contributed by atoms with van der Waals surface area (Å²) in [7, 11) is -2.99. The van der Waals surface area contributed by atoms with Gasteiger partial charge in [0.25, 0.3) is 0 Å². The highest BCUT2D eigenvalue weighted by atomic mass is 32.2. The maximum Gasteiger partial charge on any atom is 0.414 e. The van der Waals surface area contributed by atoms with Gasteiger partial charge in [0.05, 0.1) is 5.75 Å². The van der Waals surface area contributed by atoms with Crippen LogP contribution in [0.2, 0.25) is 0 Å². The predicted octanol–water partition coefficient (Wildman–Crippen LogP) is 1.08. The molecule has 2 N–H and O–H groups in total. The van der Waals surface area contributed by atoms with Crippen molar-refractivity contribution in [3.05, 3.63) is 0 Å². The third-order valence-corrected chi connectivity index (χ3v) is 6.81. The molecule has 2 atom stereocenters. The summed E-state index contributed by atoms with van der Waals surface area (Å²) >= 11 is 0. The number of rotatable bonds is 4. The minimum absolute atomic E-state index is 0.299. The zero-order chi connectivity index (χ0) is 19.0. The van der Waals surface area contributed by atoms with Crippen molar-refractivity contribution in [1.82, 2.24) is 9.21 Å². The van der Waals surface area contributed by atoms with Gasteiger partial charge in [-0.3, -0.25) is 4.90 Å². The van der Waals surface area contributed by atoms with Gasteiger partial charge in [-0.1, -0.05) is 26.7 Å². The van der Waals surface area contributed by atoms with E-state index in [1.807, 2.05) is 6.92 Å². The van der Waals surface area contributed by atoms with Crippen LogP contribution in [0.5, 0.6) is 0 Å². The quantitative estimate of drug-likeness (QED) is 0.703. The van der Waals surface area contributed by atoms with Crippen LogP contribution in [0, 0.1) is 5.92 Å². The lowest BCUT2D eigenvalue weighted by atomic mass is 9.86. The number of hydrogen-bond donors (Lipinski definition) is 2. The molecule has 0 aromatic rings. The molecule has 1 aliphatic carbocycles. The molecule has 146 valence electrons. The monoisotopic (exact) mass is 378 g/mol. The fraction of sp³-hybridized carbons (Fsp3) is 0.875. The van der Waals surface area contributed by atoms with E-state index >= 15 is 0 Å². The second kappa shape index (κ2) is 10.1. The average Bonchev–Trinajstić information content (AvgIpc) is 2.55. The van der Waals surface area contributed by atoms with E-state index in [1.165, 1.54) is 25.7 Å². The zero-order valence-electron chi connectivity index (χ0n) is 15.1. The summed E-state index contributed by atoms with van der Waals surface area (Å²) in [5.74, 6) is -2.52. The summed E-state index contributed by atoms with van der Waals surface area (Å²) < 4.78 is 25.7. The van der Waals surface area contributed by atoms with Crippen molar-refractivity contribution in [2.24, 2.45) is 5.92 Å². The Morgan fingerprint density at radius 2 is 1.60 bits per heavy atom. The molecule has 0 radical (unpaired) electrons. The molecular weight excluding hydrogens is 348 g/mol. The van der Waals surface area contributed by atoms with E-state index in [-0.39, 0.29) is 0 Å². The van der Waals surface area contributed by atoms with Crippen LogP contribution < -0.4 is 0 Å². The molecule has 1 saturated carbocycles. The van der Waals surface area contributed by atoms with Crippen LogP contribution >= 0.6 is 0 Å². The molecule has 2 unspecified atom stereocenters. The van der Waals surface area contributed by atoms with Gasteiger partial charge >= 0.3 is 11.9 Å². The minimum Gasteiger partial charge on any atom is -0.473 e. The molecule has 0 spiro atoms. The van der Waals surface area contributed by atoms with E-state index < -0.39 is 22.0 Å². The van der Waals surface area contributed by atoms with Crippen molar-refractivity contribution < 1.29 is 28.2 Å². The highest BCUT2D eigenvalue weighted by molar-refractivity contribution is 7.89. The molecule has 0 aromatic carbocycles. The summed E-state index contributed by atoms with van der Waals surface area (Å²) in [5, 5.41) is 14.8. The summed E-state index contributed by atoms with van der Waals surface area (Å²) in [6.07, 6.45) is 6.00. The van der Waals surface area contributed by atoms with Crippen LogP contribution in [-0.4, -0.2) is 77.7 Å². The van der Waals surface area contributed by atoms with E-state index in [9.17, 15) is 8.42 Å². The SMILES string of the molecule is CCCS(=O)(=O)N1CCN(C2CCCC(C)C2)CC1.O=C(O)C(=O)O. The normalized spacial score (nSPS) is 25.7. The first-order chi connectivity index (χ1) is 11.7. The van der Waals surface area contributed by atoms with Gasteiger partial charge in [-0.15, -0.1) is 0 Å². The lowest BCUT2D eigenvalue weighted by molar-refractivity contribution is -0.159. The first kappa shape index (κ1) is 21.9. The first-order valence-electron chi connectivity index (χ1n) is 8.85. The smallest absolute Gasteiger partial charge is 0.414 e. The molecule has 2 rings (SSSR count). The fourth-order valence-corrected chi connectivity index (χ4v) is 4.96. The van der Waals surface area contributed by atoms with E-state index in [2.05, 4.69) is 11.8 Å². The topological polar surface area (TPSA) is 115 Å². The van der Waals surface area contributed by atoms with Crippen molar-refractivity contribution in [2.45, 2.75) is 52.0 Å². The van der Waals surface area contributed by atoms with Gasteiger partial charge in [0.1, 0.15) is 0 Å². The standard InChI is InChI=1S/C14H28N2O2S.C2H2O4/c1-3-11-19(17,18)16-9-7-15(8-10-16)14-6-4-5-13(2)12-14;3-1(4)2(5)6/h13-14H,3-12H2,1-2H3;(H,3,4)(H,5,6). The summed E-state index contributed by atoms with van der Waals surface area (Å²) in [6, 6.07) is 0.694. The third-order valence-electron chi connectivity index (χ3n) is 4.74. The van der Waals surface area contributed by atoms with Gasteiger partial charge in [-0.2, -0.15) is 4.31 Å². The summed E-state index contributed by atoms with van der Waals surface area (Å²) in [6.45, 7) is 7.48. The molecule has 25 heavy (non-hydrogen) atoms. The molecule has 2 fully saturated rings. The van der Waals surface area contributed by atoms with Gasteiger partial charge < -0.3 is 10.2 Å². The number of carboxylic acid groups (broad SMARTS) is 2. The Hall–Kier alpha value is -1.19. The van der Waals surface area contributed by atoms with Gasteiger partial charge in [-0.05, 0) is 25.2 Å². The molecule has 0 amide bonds. The van der Waals surface area contributed by atoms with Crippen molar-refractivity contribution in [3.63, 3.8) is 0 Å². The van der Waals surface area contributed by atoms with E-state index in [1.54, 1.807) is 4.31 Å². The Morgan fingerprint density at radius 1 is 1.04 bits per heavy atom. The molecule has 9 heteroatoms. The Balaban J connectivity index is 0.000000450. The molecule has 0 bridgehead atoms. The highest BCUT2D eigenvalue weighted by Gasteiger charge is 2.31. The van der Waals surface area contributed by atoms with Gasteiger partial charge in [0.15, 0.2) is 0 Å². The predicted molar refractivity (Wildman–Crippen MR) is 93.9 cm³/mol. The number of piperazine rings is 1. The molecule has 1 aliphatic heterocycles. The van der Waals surface area contributed by atoms with Crippen LogP contribution in [0.1, 0.15) is 46.0 Å². The van der Waals surface area contributed by atoms with Crippen LogP contribution in [0.3, 0.4) is 0 Å². The summed E-state index contributed by atoms with van der Waals surface area (Å²) in [5.41, 5.74) is 0. The molecule has 1 heterocycles. The van der Waals surface area contributed by atoms with Crippen LogP contribution in [-0.2, 0) is 19.6 Å². The van der Waals surface area contributed by atoms with E-state index in [0.29, 0.717) is 31.3 Å². The Kier molecular flexibility index (Phi) is 8.81. The third kappa shape index (κ3) is 7.29. The number of aliphatic carboxylic acids is 2. The molecular formula is C16H30N2O6S. The van der Waals surface area contributed by atoms with E-state index in [4.69, 9.17) is 19.8 Å². The van der Waals surface area contributed by atoms with Crippen LogP contribution in [0.15, 0.2) is 0 Å². The highest BCUT2D eigenvalue weighted by Crippen LogP contribution is 2.28. The van der Waals surface area contributed by atoms with Crippen molar-refractivity contribution in [2.75, 3.05) is 31.9 Å². The van der Waals surface area contributed by atoms with Gasteiger partial charge in [0.2, 0.25) is 10.0 Å². The lowest BCUT2D eigenvalue weighted by Gasteiger charge is -2.41. The number of sulfonamides is 1. The van der Waals surface area contributed by atoms with E-state index in [0.717, 1.165) is 19.0 Å². The number of nitrogens with zero attached hydrogens (tertiary/aromatic N) is 2. The molecule has 1 saturated heterocycles. The molecule has 8 nitrogen and oxygen atoms in total. The Bertz CT molecular complexity index is 531. The second-order valence-electron chi connectivity index (χ2n) is 6.79. The number of carbonyl (C=O) groups is 2. The average molecular weight is 378 g/mol. The maximum atomic E-state index is 12.0.